The second-order valence-corrected chi connectivity index (χ2v) is 9.42. The second kappa shape index (κ2) is 7.66. The normalized spacial score (nSPS) is 26.5. The smallest absolute Gasteiger partial charge is 0.251 e. The van der Waals surface area contributed by atoms with Gasteiger partial charge in [0.1, 0.15) is 11.5 Å². The van der Waals surface area contributed by atoms with Gasteiger partial charge in [-0.1, -0.05) is 30.3 Å². The predicted molar refractivity (Wildman–Crippen MR) is 134 cm³/mol. The van der Waals surface area contributed by atoms with Crippen LogP contribution in [0.5, 0.6) is 11.5 Å². The molecule has 1 saturated heterocycles. The van der Waals surface area contributed by atoms with Gasteiger partial charge in [-0.05, 0) is 42.9 Å². The number of likely N-dealkylation sites (N-methyl/N-ethyl adjacent to an activating group) is 1. The van der Waals surface area contributed by atoms with Crippen molar-refractivity contribution in [3.05, 3.63) is 83.4 Å². The summed E-state index contributed by atoms with van der Waals surface area (Å²) in [5.41, 5.74) is -0.571. The number of Topliss-reactive ketones (excluding diaryl/α,β-unsaturated/α-hetero) is 1. The topological polar surface area (TPSA) is 97.0 Å². The van der Waals surface area contributed by atoms with E-state index in [0.29, 0.717) is 40.5 Å². The summed E-state index contributed by atoms with van der Waals surface area (Å²) in [6.45, 7) is 0.318. The second-order valence-electron chi connectivity index (χ2n) is 9.42. The van der Waals surface area contributed by atoms with Crippen molar-refractivity contribution in [1.82, 2.24) is 4.90 Å². The van der Waals surface area contributed by atoms with Crippen LogP contribution in [0.3, 0.4) is 0 Å². The molecule has 0 bridgehead atoms. The molecule has 3 aromatic rings. The lowest BCUT2D eigenvalue weighted by Gasteiger charge is -2.46. The van der Waals surface area contributed by atoms with Crippen molar-refractivity contribution in [2.75, 3.05) is 38.4 Å². The van der Waals surface area contributed by atoms with Crippen LogP contribution in [0.4, 0.5) is 11.4 Å². The molecule has 0 aliphatic carbocycles. The van der Waals surface area contributed by atoms with E-state index in [-0.39, 0.29) is 11.7 Å². The van der Waals surface area contributed by atoms with Crippen LogP contribution in [0.25, 0.3) is 0 Å². The minimum atomic E-state index is -1.76. The average molecular weight is 484 g/mol. The van der Waals surface area contributed by atoms with E-state index < -0.39 is 22.8 Å². The number of nitrogens with one attached hydrogen (secondary N) is 2. The number of fused-ring (bicyclic) bond motifs is 4. The third kappa shape index (κ3) is 2.54. The summed E-state index contributed by atoms with van der Waals surface area (Å²) < 4.78 is 10.6. The Balaban J connectivity index is 1.66. The molecule has 2 spiro atoms. The number of ketones is 1. The third-order valence-electron chi connectivity index (χ3n) is 7.97. The molecule has 1 unspecified atom stereocenters. The van der Waals surface area contributed by atoms with Crippen molar-refractivity contribution in [3.8, 4) is 11.5 Å². The van der Waals surface area contributed by atoms with E-state index in [4.69, 9.17) is 9.47 Å². The number of carbonyl (C=O) groups excluding carboxylic acids is 3. The number of hydrogen-bond acceptors (Lipinski definition) is 6. The Morgan fingerprint density at radius 3 is 2.22 bits per heavy atom. The zero-order valence-corrected chi connectivity index (χ0v) is 20.1. The van der Waals surface area contributed by atoms with Crippen molar-refractivity contribution < 1.29 is 23.9 Å². The molecule has 0 radical (unpaired) electrons. The number of likely N-dealkylation sites (tertiary alicyclic amines) is 1. The first-order chi connectivity index (χ1) is 17.4. The van der Waals surface area contributed by atoms with Crippen LogP contribution in [-0.2, 0) is 15.1 Å². The average Bonchev–Trinajstić information content (AvgIpc) is 3.35. The van der Waals surface area contributed by atoms with Crippen LogP contribution < -0.4 is 20.1 Å². The molecular formula is C28H25N3O5. The first-order valence-corrected chi connectivity index (χ1v) is 11.7. The number of rotatable bonds is 3. The van der Waals surface area contributed by atoms with E-state index >= 15 is 0 Å². The van der Waals surface area contributed by atoms with Gasteiger partial charge in [0.25, 0.3) is 5.91 Å². The summed E-state index contributed by atoms with van der Waals surface area (Å²) in [5, 5.41) is 5.92. The van der Waals surface area contributed by atoms with E-state index in [0.717, 1.165) is 5.56 Å². The predicted octanol–water partition coefficient (Wildman–Crippen LogP) is 3.40. The molecule has 3 heterocycles. The van der Waals surface area contributed by atoms with Crippen molar-refractivity contribution >= 4 is 29.0 Å². The van der Waals surface area contributed by atoms with Gasteiger partial charge in [0, 0.05) is 35.3 Å². The Morgan fingerprint density at radius 1 is 0.833 bits per heavy atom. The maximum absolute atomic E-state index is 14.7. The first kappa shape index (κ1) is 22.3. The number of methoxy groups -OCH3 is 2. The van der Waals surface area contributed by atoms with E-state index in [1.807, 2.05) is 35.2 Å². The third-order valence-corrected chi connectivity index (χ3v) is 7.97. The molecule has 8 heteroatoms. The highest BCUT2D eigenvalue weighted by Gasteiger charge is 2.78. The summed E-state index contributed by atoms with van der Waals surface area (Å²) >= 11 is 0. The van der Waals surface area contributed by atoms with Gasteiger partial charge in [0.15, 0.2) is 16.7 Å². The minimum absolute atomic E-state index is 0.318. The molecule has 3 aliphatic heterocycles. The molecule has 0 saturated carbocycles. The summed E-state index contributed by atoms with van der Waals surface area (Å²) in [6.07, 6.45) is 0. The molecule has 8 nitrogen and oxygen atoms in total. The fourth-order valence-corrected chi connectivity index (χ4v) is 6.44. The van der Waals surface area contributed by atoms with Gasteiger partial charge in [0.2, 0.25) is 5.91 Å². The number of carbonyl (C=O) groups is 3. The lowest BCUT2D eigenvalue weighted by Crippen LogP contribution is -2.65. The summed E-state index contributed by atoms with van der Waals surface area (Å²) in [5.74, 6) is -0.705. The standard InChI is InChI=1S/C28H25N3O5/c1-31-15-21(16-8-10-17(35-2)11-9-16)27(28(31)20-6-4-5-7-22(20)29-26(28)34)24(32)19-13-12-18(36-3)14-23(19)30-25(27)33/h4-14,21H,15H2,1-3H3,(H,29,34)(H,30,33)/t21-,27?,28+/m1/s1. The van der Waals surface area contributed by atoms with Crippen LogP contribution in [0.1, 0.15) is 27.4 Å². The van der Waals surface area contributed by atoms with Gasteiger partial charge in [-0.25, -0.2) is 0 Å². The molecule has 36 heavy (non-hydrogen) atoms. The number of ether oxygens (including phenoxy) is 2. The van der Waals surface area contributed by atoms with Crippen molar-refractivity contribution in [2.45, 2.75) is 11.5 Å². The molecule has 3 aromatic carbocycles. The van der Waals surface area contributed by atoms with E-state index in [1.165, 1.54) is 7.11 Å². The van der Waals surface area contributed by atoms with Crippen LogP contribution in [0.2, 0.25) is 0 Å². The summed E-state index contributed by atoms with van der Waals surface area (Å²) in [6, 6.07) is 19.6. The number of benzene rings is 3. The molecule has 2 N–H and O–H groups in total. The molecule has 3 aliphatic rings. The quantitative estimate of drug-likeness (QED) is 0.555. The molecule has 182 valence electrons. The Bertz CT molecular complexity index is 1440. The number of hydrogen-bond donors (Lipinski definition) is 2. The highest BCUT2D eigenvalue weighted by Crippen LogP contribution is 2.64. The summed E-state index contributed by atoms with van der Waals surface area (Å²) in [7, 11) is 4.91. The van der Waals surface area contributed by atoms with Crippen molar-refractivity contribution in [3.63, 3.8) is 0 Å². The molecule has 2 amide bonds. The van der Waals surface area contributed by atoms with E-state index in [9.17, 15) is 14.4 Å². The van der Waals surface area contributed by atoms with Crippen LogP contribution in [-0.4, -0.2) is 50.3 Å². The molecular weight excluding hydrogens is 458 g/mol. The number of amides is 2. The highest BCUT2D eigenvalue weighted by atomic mass is 16.5. The van der Waals surface area contributed by atoms with Gasteiger partial charge in [-0.15, -0.1) is 0 Å². The maximum atomic E-state index is 14.7. The Kier molecular flexibility index (Phi) is 4.75. The van der Waals surface area contributed by atoms with Crippen molar-refractivity contribution in [1.29, 1.82) is 0 Å². The van der Waals surface area contributed by atoms with E-state index in [2.05, 4.69) is 10.6 Å². The Hall–Kier alpha value is -4.17. The Labute approximate surface area is 208 Å². The van der Waals surface area contributed by atoms with Crippen LogP contribution in [0, 0.1) is 5.41 Å². The van der Waals surface area contributed by atoms with Gasteiger partial charge in [-0.2, -0.15) is 0 Å². The molecule has 1 fully saturated rings. The Morgan fingerprint density at radius 2 is 1.50 bits per heavy atom. The van der Waals surface area contributed by atoms with Crippen molar-refractivity contribution in [2.24, 2.45) is 5.41 Å². The zero-order valence-electron chi connectivity index (χ0n) is 20.1. The monoisotopic (exact) mass is 483 g/mol. The van der Waals surface area contributed by atoms with Gasteiger partial charge < -0.3 is 20.1 Å². The lowest BCUT2D eigenvalue weighted by molar-refractivity contribution is -0.139. The van der Waals surface area contributed by atoms with Crippen LogP contribution >= 0.6 is 0 Å². The number of para-hydroxylation sites is 1. The minimum Gasteiger partial charge on any atom is -0.497 e. The first-order valence-electron chi connectivity index (χ1n) is 11.7. The van der Waals surface area contributed by atoms with Gasteiger partial charge in [0.05, 0.1) is 19.9 Å². The van der Waals surface area contributed by atoms with Gasteiger partial charge in [-0.3, -0.25) is 19.3 Å². The molecule has 0 aromatic heterocycles. The maximum Gasteiger partial charge on any atom is 0.251 e. The fourth-order valence-electron chi connectivity index (χ4n) is 6.44. The summed E-state index contributed by atoms with van der Waals surface area (Å²) in [4.78, 5) is 44.9. The highest BCUT2D eigenvalue weighted by molar-refractivity contribution is 6.30. The number of nitrogens with zero attached hydrogens (tertiary/aromatic N) is 1. The van der Waals surface area contributed by atoms with Crippen LogP contribution in [0.15, 0.2) is 66.7 Å². The zero-order chi connectivity index (χ0) is 25.2. The fraction of sp³-hybridized carbons (Fsp3) is 0.250. The molecule has 3 atom stereocenters. The lowest BCUT2D eigenvalue weighted by atomic mass is 9.56. The SMILES string of the molecule is COc1ccc([C@H]2CN(C)[C@@]3(C(=O)Nc4ccccc43)C23C(=O)Nc2cc(OC)ccc2C3=O)cc1. The number of anilines is 2. The largest absolute Gasteiger partial charge is 0.497 e. The molecule has 6 rings (SSSR count). The van der Waals surface area contributed by atoms with Gasteiger partial charge >= 0.3 is 0 Å². The van der Waals surface area contributed by atoms with E-state index in [1.54, 1.807) is 50.6 Å².